The summed E-state index contributed by atoms with van der Waals surface area (Å²) in [6.45, 7) is 1.65. The van der Waals surface area contributed by atoms with Crippen LogP contribution in [0.1, 0.15) is 6.42 Å². The molecule has 1 atom stereocenters. The van der Waals surface area contributed by atoms with Gasteiger partial charge in [-0.15, -0.1) is 11.3 Å². The quantitative estimate of drug-likeness (QED) is 0.726. The molecule has 4 rings (SSSR count). The third-order valence-corrected chi connectivity index (χ3v) is 4.62. The zero-order chi connectivity index (χ0) is 15.6. The number of methoxy groups -OCH3 is 1. The molecular weight excluding hydrogens is 314 g/mol. The SMILES string of the molecule is COc1cnc(OC2CCN(c3ncnc4sccc34)C2)nc1. The van der Waals surface area contributed by atoms with Gasteiger partial charge in [-0.05, 0) is 11.4 Å². The molecule has 7 nitrogen and oxygen atoms in total. The van der Waals surface area contributed by atoms with Gasteiger partial charge in [0.25, 0.3) is 0 Å². The van der Waals surface area contributed by atoms with Gasteiger partial charge in [0.15, 0.2) is 5.75 Å². The van der Waals surface area contributed by atoms with Crippen LogP contribution in [-0.2, 0) is 0 Å². The van der Waals surface area contributed by atoms with Crippen molar-refractivity contribution in [2.45, 2.75) is 12.5 Å². The third kappa shape index (κ3) is 2.77. The molecule has 3 aromatic rings. The molecule has 23 heavy (non-hydrogen) atoms. The van der Waals surface area contributed by atoms with E-state index < -0.39 is 0 Å². The van der Waals surface area contributed by atoms with Crippen molar-refractivity contribution in [3.05, 3.63) is 30.2 Å². The van der Waals surface area contributed by atoms with Crippen LogP contribution in [0.15, 0.2) is 30.2 Å². The van der Waals surface area contributed by atoms with Crippen LogP contribution >= 0.6 is 11.3 Å². The zero-order valence-corrected chi connectivity index (χ0v) is 13.4. The maximum Gasteiger partial charge on any atom is 0.316 e. The summed E-state index contributed by atoms with van der Waals surface area (Å²) in [6, 6.07) is 2.44. The first-order valence-electron chi connectivity index (χ1n) is 7.29. The van der Waals surface area contributed by atoms with Gasteiger partial charge in [0.2, 0.25) is 0 Å². The zero-order valence-electron chi connectivity index (χ0n) is 12.5. The van der Waals surface area contributed by atoms with Gasteiger partial charge in [-0.3, -0.25) is 0 Å². The van der Waals surface area contributed by atoms with Crippen LogP contribution in [0.5, 0.6) is 11.8 Å². The van der Waals surface area contributed by atoms with E-state index in [0.717, 1.165) is 35.5 Å². The topological polar surface area (TPSA) is 73.3 Å². The number of aromatic nitrogens is 4. The van der Waals surface area contributed by atoms with Crippen LogP contribution in [0.25, 0.3) is 10.2 Å². The fraction of sp³-hybridized carbons (Fsp3) is 0.333. The van der Waals surface area contributed by atoms with Crippen molar-refractivity contribution in [2.24, 2.45) is 0 Å². The summed E-state index contributed by atoms with van der Waals surface area (Å²) in [4.78, 5) is 20.3. The molecule has 0 aromatic carbocycles. The highest BCUT2D eigenvalue weighted by molar-refractivity contribution is 7.16. The number of ether oxygens (including phenoxy) is 2. The van der Waals surface area contributed by atoms with E-state index in [9.17, 15) is 0 Å². The Morgan fingerprint density at radius 1 is 1.22 bits per heavy atom. The third-order valence-electron chi connectivity index (χ3n) is 3.80. The van der Waals surface area contributed by atoms with Crippen LogP contribution < -0.4 is 14.4 Å². The lowest BCUT2D eigenvalue weighted by Gasteiger charge is -2.18. The first kappa shape index (κ1) is 14.1. The predicted molar refractivity (Wildman–Crippen MR) is 87.2 cm³/mol. The Morgan fingerprint density at radius 2 is 2.09 bits per heavy atom. The van der Waals surface area contributed by atoms with Crippen LogP contribution in [0.4, 0.5) is 5.82 Å². The molecule has 0 spiro atoms. The largest absolute Gasteiger partial charge is 0.494 e. The lowest BCUT2D eigenvalue weighted by Crippen LogP contribution is -2.25. The van der Waals surface area contributed by atoms with Crippen LogP contribution in [0, 0.1) is 0 Å². The summed E-state index contributed by atoms with van der Waals surface area (Å²) in [5, 5.41) is 3.14. The number of hydrogen-bond donors (Lipinski definition) is 0. The highest BCUT2D eigenvalue weighted by atomic mass is 32.1. The normalized spacial score (nSPS) is 17.6. The molecule has 8 heteroatoms. The second-order valence-corrected chi connectivity index (χ2v) is 6.11. The van der Waals surface area contributed by atoms with Crippen molar-refractivity contribution in [1.82, 2.24) is 19.9 Å². The van der Waals surface area contributed by atoms with Crippen LogP contribution in [-0.4, -0.2) is 46.2 Å². The lowest BCUT2D eigenvalue weighted by molar-refractivity contribution is 0.205. The van der Waals surface area contributed by atoms with E-state index in [1.54, 1.807) is 37.2 Å². The highest BCUT2D eigenvalue weighted by Gasteiger charge is 2.27. The average Bonchev–Trinajstić information content (AvgIpc) is 3.24. The fourth-order valence-electron chi connectivity index (χ4n) is 2.67. The number of nitrogens with zero attached hydrogens (tertiary/aromatic N) is 5. The van der Waals surface area contributed by atoms with E-state index in [2.05, 4.69) is 30.9 Å². The molecule has 0 N–H and O–H groups in total. The second-order valence-electron chi connectivity index (χ2n) is 5.22. The Balaban J connectivity index is 1.47. The van der Waals surface area contributed by atoms with Gasteiger partial charge in [0.1, 0.15) is 23.1 Å². The number of anilines is 1. The van der Waals surface area contributed by atoms with Crippen molar-refractivity contribution < 1.29 is 9.47 Å². The van der Waals surface area contributed by atoms with Crippen molar-refractivity contribution in [3.63, 3.8) is 0 Å². The van der Waals surface area contributed by atoms with Gasteiger partial charge in [0, 0.05) is 13.0 Å². The Hall–Kier alpha value is -2.48. The number of hydrogen-bond acceptors (Lipinski definition) is 8. The first-order chi connectivity index (χ1) is 11.3. The lowest BCUT2D eigenvalue weighted by atomic mass is 10.3. The minimum Gasteiger partial charge on any atom is -0.494 e. The summed E-state index contributed by atoms with van der Waals surface area (Å²) < 4.78 is 10.9. The van der Waals surface area contributed by atoms with Crippen molar-refractivity contribution >= 4 is 27.4 Å². The smallest absolute Gasteiger partial charge is 0.316 e. The molecule has 0 saturated carbocycles. The van der Waals surface area contributed by atoms with Gasteiger partial charge < -0.3 is 14.4 Å². The number of thiophene rings is 1. The molecule has 1 saturated heterocycles. The van der Waals surface area contributed by atoms with E-state index in [4.69, 9.17) is 9.47 Å². The molecular formula is C15H15N5O2S. The molecule has 0 bridgehead atoms. The Labute approximate surface area is 136 Å². The van der Waals surface area contributed by atoms with Gasteiger partial charge in [-0.2, -0.15) is 9.97 Å². The van der Waals surface area contributed by atoms with Gasteiger partial charge in [-0.1, -0.05) is 0 Å². The molecule has 4 heterocycles. The molecule has 1 aliphatic heterocycles. The van der Waals surface area contributed by atoms with Gasteiger partial charge in [-0.25, -0.2) is 9.97 Å². The standard InChI is InChI=1S/C15H15N5O2S/c1-21-11-6-16-15(17-7-11)22-10-2-4-20(8-10)13-12-3-5-23-14(12)19-9-18-13/h3,5-7,9-10H,2,4,8H2,1H3. The van der Waals surface area contributed by atoms with E-state index in [1.165, 1.54) is 0 Å². The minimum atomic E-state index is 0.0482. The van der Waals surface area contributed by atoms with E-state index in [1.807, 2.05) is 5.38 Å². The predicted octanol–water partition coefficient (Wildman–Crippen LogP) is 2.15. The first-order valence-corrected chi connectivity index (χ1v) is 8.17. The van der Waals surface area contributed by atoms with Gasteiger partial charge >= 0.3 is 6.01 Å². The summed E-state index contributed by atoms with van der Waals surface area (Å²) in [5.41, 5.74) is 0. The second kappa shape index (κ2) is 5.96. The summed E-state index contributed by atoms with van der Waals surface area (Å²) >= 11 is 1.63. The fourth-order valence-corrected chi connectivity index (χ4v) is 3.39. The summed E-state index contributed by atoms with van der Waals surface area (Å²) in [5.74, 6) is 1.59. The molecule has 0 amide bonds. The maximum atomic E-state index is 5.86. The number of rotatable bonds is 4. The Morgan fingerprint density at radius 3 is 2.91 bits per heavy atom. The van der Waals surface area contributed by atoms with E-state index >= 15 is 0 Å². The summed E-state index contributed by atoms with van der Waals surface area (Å²) in [6.07, 6.45) is 5.79. The monoisotopic (exact) mass is 329 g/mol. The van der Waals surface area contributed by atoms with Crippen molar-refractivity contribution in [3.8, 4) is 11.8 Å². The van der Waals surface area contributed by atoms with Crippen LogP contribution in [0.3, 0.4) is 0 Å². The Kier molecular flexibility index (Phi) is 3.66. The maximum absolute atomic E-state index is 5.86. The van der Waals surface area contributed by atoms with Crippen molar-refractivity contribution in [2.75, 3.05) is 25.1 Å². The van der Waals surface area contributed by atoms with Gasteiger partial charge in [0.05, 0.1) is 31.4 Å². The van der Waals surface area contributed by atoms with E-state index in [0.29, 0.717) is 11.8 Å². The molecule has 0 radical (unpaired) electrons. The van der Waals surface area contributed by atoms with Crippen LogP contribution in [0.2, 0.25) is 0 Å². The average molecular weight is 329 g/mol. The molecule has 118 valence electrons. The van der Waals surface area contributed by atoms with Crippen molar-refractivity contribution in [1.29, 1.82) is 0 Å². The summed E-state index contributed by atoms with van der Waals surface area (Å²) in [7, 11) is 1.58. The molecule has 3 aromatic heterocycles. The number of fused-ring (bicyclic) bond motifs is 1. The van der Waals surface area contributed by atoms with E-state index in [-0.39, 0.29) is 6.10 Å². The highest BCUT2D eigenvalue weighted by Crippen LogP contribution is 2.29. The molecule has 0 aliphatic carbocycles. The molecule has 1 unspecified atom stereocenters. The minimum absolute atomic E-state index is 0.0482. The molecule has 1 aliphatic rings. The molecule has 1 fully saturated rings. The Bertz CT molecular complexity index is 807.